The largest absolute Gasteiger partial charge is 0.490 e. The summed E-state index contributed by atoms with van der Waals surface area (Å²) < 4.78 is 21.1. The summed E-state index contributed by atoms with van der Waals surface area (Å²) in [6.07, 6.45) is 8.28. The van der Waals surface area contributed by atoms with E-state index in [4.69, 9.17) is 10.5 Å². The minimum absolute atomic E-state index is 0.221. The average molecular weight is 379 g/mol. The predicted molar refractivity (Wildman–Crippen MR) is 103 cm³/mol. The van der Waals surface area contributed by atoms with Crippen LogP contribution in [0.3, 0.4) is 0 Å². The number of para-hydroxylation sites is 1. The lowest BCUT2D eigenvalue weighted by molar-refractivity contribution is 0.318. The first-order valence-electron chi connectivity index (χ1n) is 8.71. The number of fused-ring (bicyclic) bond motifs is 1. The highest BCUT2D eigenvalue weighted by Crippen LogP contribution is 2.26. The van der Waals surface area contributed by atoms with Crippen LogP contribution in [-0.4, -0.2) is 31.2 Å². The van der Waals surface area contributed by atoms with Gasteiger partial charge < -0.3 is 15.8 Å². The maximum absolute atomic E-state index is 14.0. The van der Waals surface area contributed by atoms with Crippen LogP contribution in [0.1, 0.15) is 12.5 Å². The molecule has 0 saturated carbocycles. The highest BCUT2D eigenvalue weighted by atomic mass is 19.1. The second-order valence-corrected chi connectivity index (χ2v) is 5.98. The number of nitrogen functional groups attached to an aromatic ring is 1. The first-order chi connectivity index (χ1) is 13.7. The van der Waals surface area contributed by atoms with Crippen molar-refractivity contribution in [2.75, 3.05) is 17.7 Å². The molecule has 0 aliphatic rings. The van der Waals surface area contributed by atoms with Gasteiger partial charge in [-0.25, -0.2) is 18.9 Å². The number of ether oxygens (including phenoxy) is 1. The molecular formula is C19H18FN7O. The van der Waals surface area contributed by atoms with E-state index < -0.39 is 5.82 Å². The molecule has 0 fully saturated rings. The summed E-state index contributed by atoms with van der Waals surface area (Å²) in [6.45, 7) is 2.48. The van der Waals surface area contributed by atoms with Gasteiger partial charge in [0.05, 0.1) is 42.0 Å². The lowest BCUT2D eigenvalue weighted by atomic mass is 10.2. The van der Waals surface area contributed by atoms with Crippen molar-refractivity contribution in [3.05, 3.63) is 60.6 Å². The van der Waals surface area contributed by atoms with Crippen LogP contribution in [0.25, 0.3) is 16.9 Å². The third kappa shape index (κ3) is 3.29. The Hall–Kier alpha value is -3.75. The van der Waals surface area contributed by atoms with Crippen molar-refractivity contribution in [2.45, 2.75) is 13.5 Å². The Morgan fingerprint density at radius 3 is 3.00 bits per heavy atom. The quantitative estimate of drug-likeness (QED) is 0.531. The zero-order valence-corrected chi connectivity index (χ0v) is 15.1. The van der Waals surface area contributed by atoms with Crippen LogP contribution in [0.15, 0.2) is 49.2 Å². The Kier molecular flexibility index (Phi) is 4.71. The zero-order valence-electron chi connectivity index (χ0n) is 15.1. The lowest BCUT2D eigenvalue weighted by Crippen LogP contribution is -2.08. The first kappa shape index (κ1) is 17.7. The minimum Gasteiger partial charge on any atom is -0.490 e. The van der Waals surface area contributed by atoms with Gasteiger partial charge in [-0.1, -0.05) is 12.1 Å². The summed E-state index contributed by atoms with van der Waals surface area (Å²) >= 11 is 0. The van der Waals surface area contributed by atoms with Gasteiger partial charge in [-0.05, 0) is 13.0 Å². The number of nitrogens with one attached hydrogen (secondary N) is 1. The maximum atomic E-state index is 14.0. The minimum atomic E-state index is -0.406. The monoisotopic (exact) mass is 379 g/mol. The van der Waals surface area contributed by atoms with Crippen LogP contribution in [0.2, 0.25) is 0 Å². The molecular weight excluding hydrogens is 361 g/mol. The number of benzene rings is 1. The molecule has 0 spiro atoms. The van der Waals surface area contributed by atoms with E-state index in [0.29, 0.717) is 36.0 Å². The first-order valence-corrected chi connectivity index (χ1v) is 8.71. The van der Waals surface area contributed by atoms with Gasteiger partial charge in [0.1, 0.15) is 0 Å². The molecule has 8 nitrogen and oxygen atoms in total. The van der Waals surface area contributed by atoms with E-state index >= 15 is 0 Å². The molecule has 0 bridgehead atoms. The Bertz CT molecular complexity index is 1130. The Balaban J connectivity index is 1.63. The lowest BCUT2D eigenvalue weighted by Gasteiger charge is -2.13. The molecule has 0 aliphatic carbocycles. The van der Waals surface area contributed by atoms with Crippen LogP contribution >= 0.6 is 0 Å². The third-order valence-corrected chi connectivity index (χ3v) is 4.17. The fourth-order valence-electron chi connectivity index (χ4n) is 2.85. The molecule has 4 rings (SSSR count). The molecule has 9 heteroatoms. The van der Waals surface area contributed by atoms with Crippen molar-refractivity contribution in [2.24, 2.45) is 0 Å². The molecule has 0 saturated heterocycles. The van der Waals surface area contributed by atoms with Gasteiger partial charge in [0.25, 0.3) is 0 Å². The standard InChI is InChI=1S/C19H18FN7O/c1-2-28-17-12(4-3-5-14(17)20)8-23-19-15(21)10-24-18(26-19)13-9-25-27-7-6-22-11-16(13)27/h3-7,9-11H,2,8,21H2,1H3,(H,23,24,26). The summed E-state index contributed by atoms with van der Waals surface area (Å²) in [6, 6.07) is 4.79. The SMILES string of the molecule is CCOc1c(F)cccc1CNc1nc(-c2cnn3ccncc23)ncc1N. The molecule has 28 heavy (non-hydrogen) atoms. The summed E-state index contributed by atoms with van der Waals surface area (Å²) in [5.41, 5.74) is 8.58. The third-order valence-electron chi connectivity index (χ3n) is 4.17. The fourth-order valence-corrected chi connectivity index (χ4v) is 2.85. The van der Waals surface area contributed by atoms with E-state index in [1.54, 1.807) is 41.4 Å². The van der Waals surface area contributed by atoms with Gasteiger partial charge in [0, 0.05) is 24.5 Å². The van der Waals surface area contributed by atoms with E-state index in [-0.39, 0.29) is 5.75 Å². The number of halogens is 1. The van der Waals surface area contributed by atoms with Crippen molar-refractivity contribution in [3.8, 4) is 17.1 Å². The van der Waals surface area contributed by atoms with Gasteiger partial charge in [-0.15, -0.1) is 0 Å². The van der Waals surface area contributed by atoms with Crippen LogP contribution in [0.5, 0.6) is 5.75 Å². The number of nitrogens with zero attached hydrogens (tertiary/aromatic N) is 5. The normalized spacial score (nSPS) is 10.9. The van der Waals surface area contributed by atoms with Gasteiger partial charge >= 0.3 is 0 Å². The molecule has 4 aromatic rings. The van der Waals surface area contributed by atoms with Crippen LogP contribution in [0, 0.1) is 5.82 Å². The second-order valence-electron chi connectivity index (χ2n) is 5.98. The van der Waals surface area contributed by atoms with Crippen LogP contribution in [0.4, 0.5) is 15.9 Å². The van der Waals surface area contributed by atoms with Gasteiger partial charge in [0.2, 0.25) is 0 Å². The molecule has 1 aromatic carbocycles. The van der Waals surface area contributed by atoms with Crippen molar-refractivity contribution in [3.63, 3.8) is 0 Å². The van der Waals surface area contributed by atoms with Crippen LogP contribution in [-0.2, 0) is 6.54 Å². The summed E-state index contributed by atoms with van der Waals surface area (Å²) in [4.78, 5) is 12.9. The summed E-state index contributed by atoms with van der Waals surface area (Å²) in [5.74, 6) is 0.722. The molecule has 3 aromatic heterocycles. The van der Waals surface area contributed by atoms with Gasteiger partial charge in [-0.2, -0.15) is 5.10 Å². The van der Waals surface area contributed by atoms with Gasteiger partial charge in [0.15, 0.2) is 23.2 Å². The number of anilines is 2. The number of nitrogens with two attached hydrogens (primary N) is 1. The van der Waals surface area contributed by atoms with E-state index in [2.05, 4.69) is 25.4 Å². The van der Waals surface area contributed by atoms with E-state index in [9.17, 15) is 4.39 Å². The average Bonchev–Trinajstić information content (AvgIpc) is 3.14. The van der Waals surface area contributed by atoms with E-state index in [1.807, 2.05) is 6.92 Å². The Morgan fingerprint density at radius 1 is 1.25 bits per heavy atom. The predicted octanol–water partition coefficient (Wildman–Crippen LogP) is 2.92. The summed E-state index contributed by atoms with van der Waals surface area (Å²) in [5, 5.41) is 7.41. The van der Waals surface area contributed by atoms with Crippen molar-refractivity contribution < 1.29 is 9.13 Å². The maximum Gasteiger partial charge on any atom is 0.165 e. The molecule has 3 heterocycles. The molecule has 3 N–H and O–H groups in total. The van der Waals surface area contributed by atoms with Crippen molar-refractivity contribution >= 4 is 17.0 Å². The molecule has 0 radical (unpaired) electrons. The molecule has 142 valence electrons. The van der Waals surface area contributed by atoms with Crippen molar-refractivity contribution in [1.82, 2.24) is 24.6 Å². The zero-order chi connectivity index (χ0) is 19.5. The molecule has 0 amide bonds. The summed E-state index contributed by atoms with van der Waals surface area (Å²) in [7, 11) is 0. The molecule has 0 atom stereocenters. The molecule has 0 unspecified atom stereocenters. The van der Waals surface area contributed by atoms with Crippen molar-refractivity contribution in [1.29, 1.82) is 0 Å². The Morgan fingerprint density at radius 2 is 2.14 bits per heavy atom. The highest BCUT2D eigenvalue weighted by Gasteiger charge is 2.14. The number of aromatic nitrogens is 5. The van der Waals surface area contributed by atoms with E-state index in [0.717, 1.165) is 11.1 Å². The fraction of sp³-hybridized carbons (Fsp3) is 0.158. The van der Waals surface area contributed by atoms with Crippen LogP contribution < -0.4 is 15.8 Å². The number of hydrogen-bond donors (Lipinski definition) is 2. The topological polar surface area (TPSA) is 103 Å². The highest BCUT2D eigenvalue weighted by molar-refractivity contribution is 5.76. The van der Waals surface area contributed by atoms with E-state index in [1.165, 1.54) is 12.3 Å². The van der Waals surface area contributed by atoms with Gasteiger partial charge in [-0.3, -0.25) is 4.98 Å². The second kappa shape index (κ2) is 7.47. The smallest absolute Gasteiger partial charge is 0.165 e. The number of hydrogen-bond acceptors (Lipinski definition) is 7. The number of rotatable bonds is 6. The Labute approximate surface area is 160 Å². The molecule has 0 aliphatic heterocycles.